The molecule has 3 heteroatoms. The zero-order valence-corrected chi connectivity index (χ0v) is 27.4. The maximum atomic E-state index is 2.44. The number of hydrogen-bond acceptors (Lipinski definition) is 2. The van der Waals surface area contributed by atoms with Crippen LogP contribution in [0.4, 0.5) is 17.1 Å². The molecule has 0 unspecified atom stereocenters. The second kappa shape index (κ2) is 11.2. The Kier molecular flexibility index (Phi) is 6.39. The van der Waals surface area contributed by atoms with Gasteiger partial charge in [-0.3, -0.25) is 0 Å². The van der Waals surface area contributed by atoms with Gasteiger partial charge in [0.25, 0.3) is 0 Å². The standard InChI is InChI=1S/C46H30N2S/c1-3-13-34(14-4-1)47(42-20-11-19-41-39-18-9-10-21-44(39)49-46(41)42)36-26-22-31(23-27-36)33-25-28-38-40-29-24-32-12-7-8-17-37(32)45(40)48(43(38)30-33)35-15-5-2-6-16-35/h1-30H. The van der Waals surface area contributed by atoms with Crippen LogP contribution in [0.5, 0.6) is 0 Å². The number of hydrogen-bond donors (Lipinski definition) is 0. The topological polar surface area (TPSA) is 8.17 Å². The molecule has 0 amide bonds. The molecule has 0 radical (unpaired) electrons. The molecule has 0 fully saturated rings. The van der Waals surface area contributed by atoms with E-state index < -0.39 is 0 Å². The van der Waals surface area contributed by atoms with Gasteiger partial charge in [0.1, 0.15) is 0 Å². The van der Waals surface area contributed by atoms with Crippen molar-refractivity contribution in [2.75, 3.05) is 4.90 Å². The average Bonchev–Trinajstić information content (AvgIpc) is 3.72. The molecule has 0 aliphatic heterocycles. The molecule has 0 spiro atoms. The summed E-state index contributed by atoms with van der Waals surface area (Å²) in [6.07, 6.45) is 0. The van der Waals surface area contributed by atoms with E-state index in [1.807, 2.05) is 11.3 Å². The third kappa shape index (κ3) is 4.47. The summed E-state index contributed by atoms with van der Waals surface area (Å²) in [5, 5.41) is 7.65. The van der Waals surface area contributed by atoms with Crippen molar-refractivity contribution in [2.45, 2.75) is 0 Å². The molecule has 0 aliphatic rings. The fourth-order valence-corrected chi connectivity index (χ4v) is 8.73. The molecule has 49 heavy (non-hydrogen) atoms. The molecule has 10 rings (SSSR count). The van der Waals surface area contributed by atoms with Crippen LogP contribution < -0.4 is 4.90 Å². The highest BCUT2D eigenvalue weighted by molar-refractivity contribution is 7.26. The number of nitrogens with zero attached hydrogens (tertiary/aromatic N) is 2. The van der Waals surface area contributed by atoms with Crippen molar-refractivity contribution in [1.29, 1.82) is 0 Å². The van der Waals surface area contributed by atoms with Gasteiger partial charge < -0.3 is 9.47 Å². The average molecular weight is 643 g/mol. The molecule has 0 saturated heterocycles. The van der Waals surface area contributed by atoms with Gasteiger partial charge in [-0.25, -0.2) is 0 Å². The predicted octanol–water partition coefficient (Wildman–Crippen LogP) is 13.4. The van der Waals surface area contributed by atoms with Crippen LogP contribution in [0, 0.1) is 0 Å². The van der Waals surface area contributed by atoms with E-state index in [1.54, 1.807) is 0 Å². The Bertz CT molecular complexity index is 2810. The van der Waals surface area contributed by atoms with E-state index in [4.69, 9.17) is 0 Å². The van der Waals surface area contributed by atoms with Crippen LogP contribution in [0.15, 0.2) is 182 Å². The highest BCUT2D eigenvalue weighted by Gasteiger charge is 2.19. The van der Waals surface area contributed by atoms with E-state index in [1.165, 1.54) is 75.3 Å². The molecular formula is C46H30N2S. The smallest absolute Gasteiger partial charge is 0.0640 e. The number of thiophene rings is 1. The van der Waals surface area contributed by atoms with Crippen molar-refractivity contribution in [3.8, 4) is 16.8 Å². The normalized spacial score (nSPS) is 11.7. The number of rotatable bonds is 5. The Morgan fingerprint density at radius 2 is 1.08 bits per heavy atom. The maximum Gasteiger partial charge on any atom is 0.0640 e. The Hall–Kier alpha value is -6.16. The summed E-state index contributed by atoms with van der Waals surface area (Å²) in [4.78, 5) is 2.39. The quantitative estimate of drug-likeness (QED) is 0.181. The fraction of sp³-hybridized carbons (Fsp3) is 0. The highest BCUT2D eigenvalue weighted by Crippen LogP contribution is 2.45. The summed E-state index contributed by atoms with van der Waals surface area (Å²) in [5.41, 5.74) is 9.47. The van der Waals surface area contributed by atoms with Crippen molar-refractivity contribution in [3.63, 3.8) is 0 Å². The molecule has 0 atom stereocenters. The molecular weight excluding hydrogens is 613 g/mol. The monoisotopic (exact) mass is 642 g/mol. The third-order valence-corrected chi connectivity index (χ3v) is 11.0. The first-order valence-corrected chi connectivity index (χ1v) is 17.5. The number of fused-ring (bicyclic) bond motifs is 8. The number of aromatic nitrogens is 1. The SMILES string of the molecule is c1ccc(N(c2ccc(-c3ccc4c5ccc6ccccc6c5n(-c5ccccc5)c4c3)cc2)c2cccc3c2sc2ccccc23)cc1. The summed E-state index contributed by atoms with van der Waals surface area (Å²) >= 11 is 1.86. The molecule has 230 valence electrons. The largest absolute Gasteiger partial charge is 0.309 e. The van der Waals surface area contributed by atoms with Gasteiger partial charge in [0.15, 0.2) is 0 Å². The molecule has 0 aliphatic carbocycles. The van der Waals surface area contributed by atoms with Crippen molar-refractivity contribution >= 4 is 81.1 Å². The Morgan fingerprint density at radius 3 is 1.92 bits per heavy atom. The maximum absolute atomic E-state index is 2.44. The van der Waals surface area contributed by atoms with Crippen molar-refractivity contribution in [2.24, 2.45) is 0 Å². The second-order valence-corrected chi connectivity index (χ2v) is 13.6. The molecule has 0 N–H and O–H groups in total. The summed E-state index contributed by atoms with van der Waals surface area (Å²) in [6.45, 7) is 0. The number of para-hydroxylation sites is 2. The van der Waals surface area contributed by atoms with E-state index in [2.05, 4.69) is 191 Å². The first kappa shape index (κ1) is 27.9. The summed E-state index contributed by atoms with van der Waals surface area (Å²) < 4.78 is 5.04. The molecule has 8 aromatic carbocycles. The van der Waals surface area contributed by atoms with Gasteiger partial charge in [-0.2, -0.15) is 0 Å². The molecule has 2 aromatic heterocycles. The lowest BCUT2D eigenvalue weighted by Gasteiger charge is -2.26. The minimum atomic E-state index is 1.13. The van der Waals surface area contributed by atoms with Crippen LogP contribution in [0.3, 0.4) is 0 Å². The Balaban J connectivity index is 1.13. The Labute approximate surface area is 288 Å². The van der Waals surface area contributed by atoms with E-state index in [-0.39, 0.29) is 0 Å². The van der Waals surface area contributed by atoms with Gasteiger partial charge in [0.2, 0.25) is 0 Å². The summed E-state index contributed by atoms with van der Waals surface area (Å²) in [6, 6.07) is 66.1. The zero-order valence-electron chi connectivity index (χ0n) is 26.6. The van der Waals surface area contributed by atoms with Crippen LogP contribution >= 0.6 is 11.3 Å². The zero-order chi connectivity index (χ0) is 32.3. The van der Waals surface area contributed by atoms with Crippen LogP contribution in [0.25, 0.3) is 69.6 Å². The molecule has 10 aromatic rings. The lowest BCUT2D eigenvalue weighted by molar-refractivity contribution is 1.19. The molecule has 0 bridgehead atoms. The van der Waals surface area contributed by atoms with Crippen molar-refractivity contribution in [3.05, 3.63) is 182 Å². The van der Waals surface area contributed by atoms with E-state index in [9.17, 15) is 0 Å². The van der Waals surface area contributed by atoms with Gasteiger partial charge in [0.05, 0.1) is 21.4 Å². The van der Waals surface area contributed by atoms with Crippen LogP contribution in [-0.4, -0.2) is 4.57 Å². The lowest BCUT2D eigenvalue weighted by atomic mass is 10.0. The van der Waals surface area contributed by atoms with Gasteiger partial charge in [-0.1, -0.05) is 127 Å². The minimum absolute atomic E-state index is 1.13. The van der Waals surface area contributed by atoms with Crippen LogP contribution in [0.2, 0.25) is 0 Å². The van der Waals surface area contributed by atoms with Gasteiger partial charge in [0, 0.05) is 48.7 Å². The van der Waals surface area contributed by atoms with Gasteiger partial charge in [-0.15, -0.1) is 11.3 Å². The lowest BCUT2D eigenvalue weighted by Crippen LogP contribution is -2.09. The van der Waals surface area contributed by atoms with Crippen LogP contribution in [-0.2, 0) is 0 Å². The molecule has 2 nitrogen and oxygen atoms in total. The highest BCUT2D eigenvalue weighted by atomic mass is 32.1. The number of anilines is 3. The van der Waals surface area contributed by atoms with E-state index >= 15 is 0 Å². The minimum Gasteiger partial charge on any atom is -0.309 e. The first-order valence-electron chi connectivity index (χ1n) is 16.7. The summed E-state index contributed by atoms with van der Waals surface area (Å²) in [5.74, 6) is 0. The first-order chi connectivity index (χ1) is 24.3. The summed E-state index contributed by atoms with van der Waals surface area (Å²) in [7, 11) is 0. The molecule has 2 heterocycles. The predicted molar refractivity (Wildman–Crippen MR) is 211 cm³/mol. The van der Waals surface area contributed by atoms with Crippen LogP contribution in [0.1, 0.15) is 0 Å². The fourth-order valence-electron chi connectivity index (χ4n) is 7.52. The Morgan fingerprint density at radius 1 is 0.429 bits per heavy atom. The second-order valence-electron chi connectivity index (χ2n) is 12.6. The van der Waals surface area contributed by atoms with Crippen molar-refractivity contribution in [1.82, 2.24) is 4.57 Å². The van der Waals surface area contributed by atoms with Gasteiger partial charge >= 0.3 is 0 Å². The number of benzene rings is 8. The van der Waals surface area contributed by atoms with Crippen molar-refractivity contribution < 1.29 is 0 Å². The third-order valence-electron chi connectivity index (χ3n) is 9.77. The van der Waals surface area contributed by atoms with Gasteiger partial charge in [-0.05, 0) is 71.1 Å². The van der Waals surface area contributed by atoms with E-state index in [0.717, 1.165) is 11.4 Å². The molecule has 0 saturated carbocycles. The van der Waals surface area contributed by atoms with E-state index in [0.29, 0.717) is 0 Å².